The molecule has 0 radical (unpaired) electrons. The summed E-state index contributed by atoms with van der Waals surface area (Å²) in [5.41, 5.74) is 0.941. The van der Waals surface area contributed by atoms with Gasteiger partial charge in [0.1, 0.15) is 4.34 Å². The molecule has 0 N–H and O–H groups in total. The molecule has 0 nitrogen and oxygen atoms in total. The van der Waals surface area contributed by atoms with Gasteiger partial charge in [-0.05, 0) is 45.8 Å². The van der Waals surface area contributed by atoms with Gasteiger partial charge in [-0.25, -0.2) is 0 Å². The topological polar surface area (TPSA) is 0 Å². The molecule has 0 saturated heterocycles. The van der Waals surface area contributed by atoms with E-state index in [9.17, 15) is 0 Å². The van der Waals surface area contributed by atoms with Gasteiger partial charge >= 0.3 is 0 Å². The van der Waals surface area contributed by atoms with Gasteiger partial charge in [0, 0.05) is 18.8 Å². The third-order valence-electron chi connectivity index (χ3n) is 2.09. The molecule has 1 atom stereocenters. The summed E-state index contributed by atoms with van der Waals surface area (Å²) in [6.07, 6.45) is 0. The maximum absolute atomic E-state index is 6.41. The first-order valence-corrected chi connectivity index (χ1v) is 8.11. The Morgan fingerprint density at radius 2 is 1.76 bits per heavy atom. The van der Waals surface area contributed by atoms with Gasteiger partial charge in [0.05, 0.1) is 5.38 Å². The Hall–Kier alpha value is 0.750. The minimum atomic E-state index is -0.251. The summed E-state index contributed by atoms with van der Waals surface area (Å²) in [5, 5.41) is 0.403. The van der Waals surface area contributed by atoms with Gasteiger partial charge < -0.3 is 0 Å². The summed E-state index contributed by atoms with van der Waals surface area (Å²) in [6.45, 7) is 0. The fourth-order valence-corrected chi connectivity index (χ4v) is 4.33. The van der Waals surface area contributed by atoms with E-state index in [2.05, 4.69) is 31.9 Å². The summed E-state index contributed by atoms with van der Waals surface area (Å²) in [4.78, 5) is 0.984. The van der Waals surface area contributed by atoms with Crippen molar-refractivity contribution in [1.29, 1.82) is 0 Å². The van der Waals surface area contributed by atoms with Crippen LogP contribution < -0.4 is 0 Å². The molecule has 0 saturated carbocycles. The summed E-state index contributed by atoms with van der Waals surface area (Å²) in [5.74, 6) is 0. The zero-order valence-corrected chi connectivity index (χ0v) is 14.4. The van der Waals surface area contributed by atoms with Crippen LogP contribution in [0.2, 0.25) is 9.36 Å². The highest BCUT2D eigenvalue weighted by atomic mass is 79.9. The average molecular weight is 435 g/mol. The smallest absolute Gasteiger partial charge is 0.107 e. The molecule has 0 amide bonds. The van der Waals surface area contributed by atoms with Gasteiger partial charge in [-0.1, -0.05) is 39.1 Å². The zero-order valence-electron chi connectivity index (χ0n) is 8.18. The fraction of sp³-hybridized carbons (Fsp3) is 0.0909. The van der Waals surface area contributed by atoms with Crippen molar-refractivity contribution in [1.82, 2.24) is 0 Å². The van der Waals surface area contributed by atoms with Crippen LogP contribution in [0.15, 0.2) is 33.2 Å². The predicted octanol–water partition coefficient (Wildman–Crippen LogP) is 6.91. The van der Waals surface area contributed by atoms with Crippen molar-refractivity contribution in [3.8, 4) is 0 Å². The minimum absolute atomic E-state index is 0.251. The highest BCUT2D eigenvalue weighted by molar-refractivity contribution is 9.10. The first kappa shape index (κ1) is 14.2. The monoisotopic (exact) mass is 432 g/mol. The number of halogens is 5. The summed E-state index contributed by atoms with van der Waals surface area (Å²) < 4.78 is 2.48. The maximum Gasteiger partial charge on any atom is 0.107 e. The van der Waals surface area contributed by atoms with Crippen molar-refractivity contribution in [3.05, 3.63) is 53.0 Å². The van der Waals surface area contributed by atoms with E-state index in [0.29, 0.717) is 9.36 Å². The number of hydrogen-bond donors (Lipinski definition) is 0. The quantitative estimate of drug-likeness (QED) is 0.450. The second kappa shape index (κ2) is 5.81. The Morgan fingerprint density at radius 1 is 1.06 bits per heavy atom. The molecule has 2 aromatic rings. The third-order valence-corrected chi connectivity index (χ3v) is 5.92. The van der Waals surface area contributed by atoms with Crippen LogP contribution >= 0.6 is 78.0 Å². The molecule has 0 aliphatic rings. The van der Waals surface area contributed by atoms with E-state index >= 15 is 0 Å². The van der Waals surface area contributed by atoms with Crippen molar-refractivity contribution < 1.29 is 0 Å². The number of hydrogen-bond acceptors (Lipinski definition) is 1. The number of benzene rings is 1. The Morgan fingerprint density at radius 3 is 2.29 bits per heavy atom. The van der Waals surface area contributed by atoms with Crippen LogP contribution in [0.25, 0.3) is 0 Å². The van der Waals surface area contributed by atoms with Gasteiger partial charge in [0.15, 0.2) is 0 Å². The summed E-state index contributed by atoms with van der Waals surface area (Å²) in [7, 11) is 0. The predicted molar refractivity (Wildman–Crippen MR) is 83.9 cm³/mol. The average Bonchev–Trinajstić information content (AvgIpc) is 2.57. The van der Waals surface area contributed by atoms with E-state index < -0.39 is 0 Å². The molecule has 1 aromatic heterocycles. The highest BCUT2D eigenvalue weighted by Crippen LogP contribution is 2.41. The first-order valence-electron chi connectivity index (χ1n) is 4.52. The van der Waals surface area contributed by atoms with Crippen molar-refractivity contribution in [3.63, 3.8) is 0 Å². The summed E-state index contributed by atoms with van der Waals surface area (Å²) in [6, 6.07) is 7.56. The molecular formula is C11H5Br2Cl3S. The molecule has 0 aliphatic heterocycles. The molecule has 0 spiro atoms. The van der Waals surface area contributed by atoms with Crippen molar-refractivity contribution >= 4 is 78.0 Å². The van der Waals surface area contributed by atoms with Crippen LogP contribution in [0.3, 0.4) is 0 Å². The lowest BCUT2D eigenvalue weighted by molar-refractivity contribution is 1.18. The molecule has 17 heavy (non-hydrogen) atoms. The van der Waals surface area contributed by atoms with Gasteiger partial charge in [-0.3, -0.25) is 0 Å². The van der Waals surface area contributed by atoms with E-state index in [0.717, 1.165) is 19.4 Å². The van der Waals surface area contributed by atoms with Crippen molar-refractivity contribution in [2.24, 2.45) is 0 Å². The van der Waals surface area contributed by atoms with E-state index in [1.54, 1.807) is 0 Å². The minimum Gasteiger partial charge on any atom is -0.125 e. The lowest BCUT2D eigenvalue weighted by atomic mass is 10.1. The molecule has 2 rings (SSSR count). The third kappa shape index (κ3) is 3.40. The van der Waals surface area contributed by atoms with E-state index in [1.165, 1.54) is 11.3 Å². The molecule has 0 bridgehead atoms. The number of rotatable bonds is 2. The van der Waals surface area contributed by atoms with Crippen LogP contribution in [-0.4, -0.2) is 0 Å². The van der Waals surface area contributed by atoms with E-state index in [-0.39, 0.29) is 5.38 Å². The second-order valence-corrected chi connectivity index (χ2v) is 7.66. The van der Waals surface area contributed by atoms with Crippen LogP contribution in [0.1, 0.15) is 15.8 Å². The number of alkyl halides is 1. The Balaban J connectivity index is 2.39. The van der Waals surface area contributed by atoms with E-state index in [4.69, 9.17) is 34.8 Å². The normalized spacial score (nSPS) is 12.8. The second-order valence-electron chi connectivity index (χ2n) is 3.34. The molecule has 1 unspecified atom stereocenters. The van der Waals surface area contributed by atoms with Gasteiger partial charge in [-0.2, -0.15) is 0 Å². The van der Waals surface area contributed by atoms with Crippen LogP contribution in [-0.2, 0) is 0 Å². The van der Waals surface area contributed by atoms with Crippen LogP contribution in [0.5, 0.6) is 0 Å². The highest BCUT2D eigenvalue weighted by Gasteiger charge is 2.16. The molecule has 0 aliphatic carbocycles. The first-order chi connectivity index (χ1) is 7.97. The Kier molecular flexibility index (Phi) is 4.84. The summed E-state index contributed by atoms with van der Waals surface area (Å²) >= 11 is 26.6. The molecule has 90 valence electrons. The van der Waals surface area contributed by atoms with Crippen LogP contribution in [0.4, 0.5) is 0 Å². The standard InChI is InChI=1S/C11H5Br2Cl3S/c12-6-1-5(2-7(14)3-6)10(15)9-4-8(13)11(16)17-9/h1-4,10H. The van der Waals surface area contributed by atoms with Crippen molar-refractivity contribution in [2.45, 2.75) is 5.38 Å². The van der Waals surface area contributed by atoms with Gasteiger partial charge in [-0.15, -0.1) is 22.9 Å². The zero-order chi connectivity index (χ0) is 12.6. The largest absolute Gasteiger partial charge is 0.125 e. The molecule has 0 fully saturated rings. The van der Waals surface area contributed by atoms with Crippen LogP contribution in [0, 0.1) is 0 Å². The Bertz CT molecular complexity index is 514. The van der Waals surface area contributed by atoms with Crippen molar-refractivity contribution in [2.75, 3.05) is 0 Å². The maximum atomic E-state index is 6.41. The lowest BCUT2D eigenvalue weighted by Gasteiger charge is -2.08. The lowest BCUT2D eigenvalue weighted by Crippen LogP contribution is -1.90. The SMILES string of the molecule is Clc1cc(Br)cc(C(Cl)c2cc(Br)c(Cl)s2)c1. The van der Waals surface area contributed by atoms with Gasteiger partial charge in [0.2, 0.25) is 0 Å². The molecular weight excluding hydrogens is 430 g/mol. The van der Waals surface area contributed by atoms with Gasteiger partial charge in [0.25, 0.3) is 0 Å². The van der Waals surface area contributed by atoms with E-state index in [1.807, 2.05) is 24.3 Å². The Labute approximate surface area is 135 Å². The molecule has 6 heteroatoms. The molecule has 1 heterocycles. The fourth-order valence-electron chi connectivity index (χ4n) is 1.37. The molecule has 1 aromatic carbocycles. The number of thiophene rings is 1.